The van der Waals surface area contributed by atoms with Gasteiger partial charge in [-0.3, -0.25) is 9.59 Å². The molecule has 3 aromatic rings. The fourth-order valence-corrected chi connectivity index (χ4v) is 3.63. The van der Waals surface area contributed by atoms with E-state index in [2.05, 4.69) is 4.98 Å². The number of halogens is 1. The van der Waals surface area contributed by atoms with Crippen LogP contribution in [-0.4, -0.2) is 46.2 Å². The summed E-state index contributed by atoms with van der Waals surface area (Å²) >= 11 is 0. The average molecular weight is 379 g/mol. The third kappa shape index (κ3) is 3.38. The Labute approximate surface area is 162 Å². The lowest BCUT2D eigenvalue weighted by Gasteiger charge is -2.34. The molecule has 1 fully saturated rings. The van der Waals surface area contributed by atoms with E-state index in [1.54, 1.807) is 22.8 Å². The number of rotatable bonds is 3. The highest BCUT2D eigenvalue weighted by atomic mass is 19.1. The first-order valence-electron chi connectivity index (χ1n) is 9.33. The van der Waals surface area contributed by atoms with Gasteiger partial charge in [-0.05, 0) is 43.2 Å². The van der Waals surface area contributed by atoms with Crippen LogP contribution in [0, 0.1) is 19.7 Å². The SMILES string of the molecule is Cc1ccc(CN2CCN(C(=O)c3[nH]c4ccc(F)cc4c3C)CC2=O)cc1. The largest absolute Gasteiger partial charge is 0.350 e. The van der Waals surface area contributed by atoms with Crippen molar-refractivity contribution in [2.24, 2.45) is 0 Å². The molecule has 0 atom stereocenters. The molecule has 1 aromatic heterocycles. The van der Waals surface area contributed by atoms with E-state index in [4.69, 9.17) is 0 Å². The highest BCUT2D eigenvalue weighted by Crippen LogP contribution is 2.24. The zero-order chi connectivity index (χ0) is 19.8. The van der Waals surface area contributed by atoms with Crippen molar-refractivity contribution in [3.05, 3.63) is 70.7 Å². The molecule has 4 rings (SSSR count). The molecule has 1 aliphatic rings. The lowest BCUT2D eigenvalue weighted by Crippen LogP contribution is -2.51. The fraction of sp³-hybridized carbons (Fsp3) is 0.273. The number of nitrogens with one attached hydrogen (secondary N) is 1. The first-order valence-corrected chi connectivity index (χ1v) is 9.33. The van der Waals surface area contributed by atoms with Gasteiger partial charge >= 0.3 is 0 Å². The zero-order valence-corrected chi connectivity index (χ0v) is 16.0. The van der Waals surface area contributed by atoms with Crippen LogP contribution in [-0.2, 0) is 11.3 Å². The van der Waals surface area contributed by atoms with E-state index in [1.165, 1.54) is 17.7 Å². The number of carbonyl (C=O) groups excluding carboxylic acids is 2. The second-order valence-corrected chi connectivity index (χ2v) is 7.34. The summed E-state index contributed by atoms with van der Waals surface area (Å²) in [5.74, 6) is -0.633. The van der Waals surface area contributed by atoms with Gasteiger partial charge in [0.1, 0.15) is 18.1 Å². The van der Waals surface area contributed by atoms with E-state index in [1.807, 2.05) is 31.2 Å². The van der Waals surface area contributed by atoms with Crippen LogP contribution in [0.2, 0.25) is 0 Å². The van der Waals surface area contributed by atoms with Gasteiger partial charge in [-0.25, -0.2) is 4.39 Å². The highest BCUT2D eigenvalue weighted by molar-refractivity contribution is 6.02. The summed E-state index contributed by atoms with van der Waals surface area (Å²) in [6.07, 6.45) is 0. The molecule has 1 aliphatic heterocycles. The summed E-state index contributed by atoms with van der Waals surface area (Å²) in [5, 5.41) is 0.688. The molecule has 5 nitrogen and oxygen atoms in total. The number of H-pyrrole nitrogens is 1. The predicted octanol–water partition coefficient (Wildman–Crippen LogP) is 3.41. The van der Waals surface area contributed by atoms with Gasteiger partial charge in [0.2, 0.25) is 5.91 Å². The van der Waals surface area contributed by atoms with Crippen LogP contribution in [0.5, 0.6) is 0 Å². The molecular formula is C22H22FN3O2. The zero-order valence-electron chi connectivity index (χ0n) is 16.0. The van der Waals surface area contributed by atoms with Crippen LogP contribution < -0.4 is 0 Å². The smallest absolute Gasteiger partial charge is 0.271 e. The standard InChI is InChI=1S/C22H22FN3O2/c1-14-3-5-16(6-4-14)12-25-9-10-26(13-20(25)27)22(28)21-15(2)18-11-17(23)7-8-19(18)24-21/h3-8,11,24H,9-10,12-13H2,1-2H3. The minimum atomic E-state index is -0.339. The number of fused-ring (bicyclic) bond motifs is 1. The Morgan fingerprint density at radius 2 is 1.86 bits per heavy atom. The lowest BCUT2D eigenvalue weighted by molar-refractivity contribution is -0.135. The number of piperazine rings is 1. The molecule has 1 saturated heterocycles. The van der Waals surface area contributed by atoms with Crippen molar-refractivity contribution in [3.63, 3.8) is 0 Å². The first kappa shape index (κ1) is 18.2. The molecule has 2 amide bonds. The Kier molecular flexibility index (Phi) is 4.63. The normalized spacial score (nSPS) is 14.8. The van der Waals surface area contributed by atoms with Crippen molar-refractivity contribution >= 4 is 22.7 Å². The van der Waals surface area contributed by atoms with Crippen LogP contribution in [0.3, 0.4) is 0 Å². The van der Waals surface area contributed by atoms with Crippen LogP contribution >= 0.6 is 0 Å². The minimum Gasteiger partial charge on any atom is -0.350 e. The van der Waals surface area contributed by atoms with Crippen molar-refractivity contribution in [3.8, 4) is 0 Å². The number of hydrogen-bond acceptors (Lipinski definition) is 2. The van der Waals surface area contributed by atoms with Crippen LogP contribution in [0.25, 0.3) is 10.9 Å². The third-order valence-corrected chi connectivity index (χ3v) is 5.33. The second kappa shape index (κ2) is 7.11. The maximum Gasteiger partial charge on any atom is 0.271 e. The number of aryl methyl sites for hydroxylation is 2. The first-order chi connectivity index (χ1) is 13.4. The Bertz CT molecular complexity index is 1060. The van der Waals surface area contributed by atoms with E-state index in [0.29, 0.717) is 41.8 Å². The van der Waals surface area contributed by atoms with Gasteiger partial charge < -0.3 is 14.8 Å². The van der Waals surface area contributed by atoms with Crippen molar-refractivity contribution in [2.45, 2.75) is 20.4 Å². The Balaban J connectivity index is 1.48. The second-order valence-electron chi connectivity index (χ2n) is 7.34. The molecule has 28 heavy (non-hydrogen) atoms. The number of aromatic amines is 1. The summed E-state index contributed by atoms with van der Waals surface area (Å²) in [5.41, 5.74) is 4.09. The number of hydrogen-bond donors (Lipinski definition) is 1. The van der Waals surface area contributed by atoms with E-state index in [-0.39, 0.29) is 24.2 Å². The van der Waals surface area contributed by atoms with E-state index >= 15 is 0 Å². The molecule has 6 heteroatoms. The number of amides is 2. The van der Waals surface area contributed by atoms with Gasteiger partial charge in [0.15, 0.2) is 0 Å². The van der Waals surface area contributed by atoms with Crippen LogP contribution in [0.4, 0.5) is 4.39 Å². The number of aromatic nitrogens is 1. The van der Waals surface area contributed by atoms with E-state index in [9.17, 15) is 14.0 Å². The van der Waals surface area contributed by atoms with Gasteiger partial charge in [-0.15, -0.1) is 0 Å². The molecule has 0 bridgehead atoms. The summed E-state index contributed by atoms with van der Waals surface area (Å²) < 4.78 is 13.5. The van der Waals surface area contributed by atoms with E-state index in [0.717, 1.165) is 5.56 Å². The summed E-state index contributed by atoms with van der Waals surface area (Å²) in [6.45, 7) is 5.38. The Morgan fingerprint density at radius 1 is 1.11 bits per heavy atom. The third-order valence-electron chi connectivity index (χ3n) is 5.33. The molecule has 0 aliphatic carbocycles. The number of carbonyl (C=O) groups is 2. The minimum absolute atomic E-state index is 0.0495. The number of benzene rings is 2. The quantitative estimate of drug-likeness (QED) is 0.758. The van der Waals surface area contributed by atoms with Crippen molar-refractivity contribution in [1.29, 1.82) is 0 Å². The Hall–Kier alpha value is -3.15. The van der Waals surface area contributed by atoms with Gasteiger partial charge in [0.05, 0.1) is 0 Å². The molecule has 144 valence electrons. The van der Waals surface area contributed by atoms with Gasteiger partial charge in [-0.2, -0.15) is 0 Å². The number of nitrogens with zero attached hydrogens (tertiary/aromatic N) is 2. The molecule has 0 spiro atoms. The maximum absolute atomic E-state index is 13.5. The molecule has 0 unspecified atom stereocenters. The topological polar surface area (TPSA) is 56.4 Å². The van der Waals surface area contributed by atoms with Gasteiger partial charge in [0.25, 0.3) is 5.91 Å². The van der Waals surface area contributed by atoms with Crippen molar-refractivity contribution in [2.75, 3.05) is 19.6 Å². The predicted molar refractivity (Wildman–Crippen MR) is 105 cm³/mol. The van der Waals surface area contributed by atoms with Crippen LogP contribution in [0.1, 0.15) is 27.2 Å². The molecule has 0 saturated carbocycles. The summed E-state index contributed by atoms with van der Waals surface area (Å²) in [4.78, 5) is 32.0. The average Bonchev–Trinajstić information content (AvgIpc) is 3.00. The lowest BCUT2D eigenvalue weighted by atomic mass is 10.1. The van der Waals surface area contributed by atoms with Gasteiger partial charge in [0, 0.05) is 30.5 Å². The molecule has 0 radical (unpaired) electrons. The summed E-state index contributed by atoms with van der Waals surface area (Å²) in [7, 11) is 0. The van der Waals surface area contributed by atoms with E-state index < -0.39 is 0 Å². The highest BCUT2D eigenvalue weighted by Gasteiger charge is 2.29. The molecule has 1 N–H and O–H groups in total. The molecule has 2 aromatic carbocycles. The fourth-order valence-electron chi connectivity index (χ4n) is 3.63. The summed E-state index contributed by atoms with van der Waals surface area (Å²) in [6, 6.07) is 12.5. The monoisotopic (exact) mass is 379 g/mol. The molecule has 2 heterocycles. The van der Waals surface area contributed by atoms with Crippen molar-refractivity contribution < 1.29 is 14.0 Å². The van der Waals surface area contributed by atoms with Crippen LogP contribution in [0.15, 0.2) is 42.5 Å². The Morgan fingerprint density at radius 3 is 2.57 bits per heavy atom. The maximum atomic E-state index is 13.5. The molecular weight excluding hydrogens is 357 g/mol. The van der Waals surface area contributed by atoms with Crippen molar-refractivity contribution in [1.82, 2.24) is 14.8 Å². The van der Waals surface area contributed by atoms with Gasteiger partial charge in [-0.1, -0.05) is 29.8 Å².